The molecule has 4 N–H and O–H groups in total. The van der Waals surface area contributed by atoms with E-state index in [1.54, 1.807) is 0 Å². The first-order chi connectivity index (χ1) is 10.4. The highest BCUT2D eigenvalue weighted by Crippen LogP contribution is 2.31. The fourth-order valence-corrected chi connectivity index (χ4v) is 3.22. The van der Waals surface area contributed by atoms with Gasteiger partial charge in [-0.2, -0.15) is 4.98 Å². The Labute approximate surface area is 131 Å². The van der Waals surface area contributed by atoms with Crippen molar-refractivity contribution in [3.8, 4) is 0 Å². The summed E-state index contributed by atoms with van der Waals surface area (Å²) >= 11 is 0. The Morgan fingerprint density at radius 1 is 1.36 bits per heavy atom. The minimum Gasteiger partial charge on any atom is -0.480 e. The van der Waals surface area contributed by atoms with Crippen molar-refractivity contribution in [2.75, 3.05) is 11.1 Å². The Morgan fingerprint density at radius 3 is 2.64 bits per heavy atom. The number of aryl methyl sites for hydroxylation is 1. The molecule has 1 aromatic heterocycles. The van der Waals surface area contributed by atoms with Crippen LogP contribution in [0.2, 0.25) is 0 Å². The quantitative estimate of drug-likeness (QED) is 0.747. The first-order valence-corrected chi connectivity index (χ1v) is 8.05. The first-order valence-electron chi connectivity index (χ1n) is 8.05. The average Bonchev–Trinajstić information content (AvgIpc) is 2.45. The monoisotopic (exact) mass is 306 g/mol. The van der Waals surface area contributed by atoms with Gasteiger partial charge in [0.05, 0.1) is 5.69 Å². The standard InChI is InChI=1S/C16H26N4O2/c1-4-16(14(21)22,9-10(2)3)20-13-11-7-5-6-8-12(11)18-15(17)19-13/h10H,4-9H2,1-3H3,(H,21,22)(H3,17,18,19,20). The zero-order valence-electron chi connectivity index (χ0n) is 13.6. The van der Waals surface area contributed by atoms with Gasteiger partial charge in [-0.3, -0.25) is 0 Å². The highest BCUT2D eigenvalue weighted by atomic mass is 16.4. The lowest BCUT2D eigenvalue weighted by Gasteiger charge is -2.33. The molecule has 1 aliphatic rings. The van der Waals surface area contributed by atoms with Crippen LogP contribution in [-0.2, 0) is 17.6 Å². The molecule has 0 radical (unpaired) electrons. The van der Waals surface area contributed by atoms with Crippen LogP contribution in [0.3, 0.4) is 0 Å². The van der Waals surface area contributed by atoms with Gasteiger partial charge < -0.3 is 16.2 Å². The molecule has 22 heavy (non-hydrogen) atoms. The fraction of sp³-hybridized carbons (Fsp3) is 0.688. The second-order valence-corrected chi connectivity index (χ2v) is 6.53. The van der Waals surface area contributed by atoms with Crippen molar-refractivity contribution in [2.24, 2.45) is 5.92 Å². The van der Waals surface area contributed by atoms with Crippen molar-refractivity contribution in [3.05, 3.63) is 11.3 Å². The van der Waals surface area contributed by atoms with Crippen LogP contribution in [0.15, 0.2) is 0 Å². The summed E-state index contributed by atoms with van der Waals surface area (Å²) < 4.78 is 0. The molecule has 0 spiro atoms. The molecule has 0 saturated heterocycles. The van der Waals surface area contributed by atoms with Crippen LogP contribution in [0.5, 0.6) is 0 Å². The maximum absolute atomic E-state index is 11.9. The van der Waals surface area contributed by atoms with Gasteiger partial charge >= 0.3 is 5.97 Å². The lowest BCUT2D eigenvalue weighted by molar-refractivity contribution is -0.143. The number of nitrogens with one attached hydrogen (secondary N) is 1. The number of nitrogens with two attached hydrogens (primary N) is 1. The number of fused-ring (bicyclic) bond motifs is 1. The summed E-state index contributed by atoms with van der Waals surface area (Å²) in [5, 5.41) is 13.0. The third-order valence-electron chi connectivity index (χ3n) is 4.33. The van der Waals surface area contributed by atoms with Gasteiger partial charge in [-0.05, 0) is 44.4 Å². The number of carbonyl (C=O) groups is 1. The normalized spacial score (nSPS) is 16.9. The van der Waals surface area contributed by atoms with Gasteiger partial charge in [-0.1, -0.05) is 20.8 Å². The molecule has 0 saturated carbocycles. The van der Waals surface area contributed by atoms with E-state index >= 15 is 0 Å². The smallest absolute Gasteiger partial charge is 0.329 e. The molecule has 2 rings (SSSR count). The molecule has 0 amide bonds. The first kappa shape index (κ1) is 16.5. The summed E-state index contributed by atoms with van der Waals surface area (Å²) in [6.07, 6.45) is 4.95. The van der Waals surface area contributed by atoms with Gasteiger partial charge in [0.15, 0.2) is 0 Å². The molecule has 1 atom stereocenters. The minimum atomic E-state index is -1.01. The molecule has 1 unspecified atom stereocenters. The summed E-state index contributed by atoms with van der Waals surface area (Å²) in [7, 11) is 0. The van der Waals surface area contributed by atoms with Crippen molar-refractivity contribution in [1.82, 2.24) is 9.97 Å². The number of carboxylic acids is 1. The van der Waals surface area contributed by atoms with Crippen molar-refractivity contribution in [3.63, 3.8) is 0 Å². The van der Waals surface area contributed by atoms with E-state index in [1.165, 1.54) is 0 Å². The van der Waals surface area contributed by atoms with Gasteiger partial charge in [0.2, 0.25) is 5.95 Å². The van der Waals surface area contributed by atoms with Gasteiger partial charge in [0, 0.05) is 5.56 Å². The number of aliphatic carboxylic acids is 1. The molecule has 6 heteroatoms. The van der Waals surface area contributed by atoms with Crippen molar-refractivity contribution in [1.29, 1.82) is 0 Å². The van der Waals surface area contributed by atoms with E-state index in [2.05, 4.69) is 15.3 Å². The predicted octanol–water partition coefficient (Wildman–Crippen LogP) is 2.63. The van der Waals surface area contributed by atoms with Gasteiger partial charge in [0.1, 0.15) is 11.4 Å². The fourth-order valence-electron chi connectivity index (χ4n) is 3.22. The number of hydrogen-bond acceptors (Lipinski definition) is 5. The second-order valence-electron chi connectivity index (χ2n) is 6.53. The lowest BCUT2D eigenvalue weighted by Crippen LogP contribution is -2.47. The highest BCUT2D eigenvalue weighted by Gasteiger charge is 2.38. The molecule has 0 aliphatic heterocycles. The Balaban J connectivity index is 2.42. The number of nitrogens with zero attached hydrogens (tertiary/aromatic N) is 2. The number of anilines is 2. The summed E-state index contributed by atoms with van der Waals surface area (Å²) in [5.74, 6) is 0.235. The van der Waals surface area contributed by atoms with Crippen molar-refractivity contribution < 1.29 is 9.90 Å². The SMILES string of the molecule is CCC(CC(C)C)(Nc1nc(N)nc2c1CCCC2)C(=O)O. The van der Waals surface area contributed by atoms with Crippen LogP contribution in [0.25, 0.3) is 0 Å². The maximum Gasteiger partial charge on any atom is 0.329 e. The Hall–Kier alpha value is -1.85. The molecule has 1 aromatic rings. The second kappa shape index (κ2) is 6.50. The van der Waals surface area contributed by atoms with Crippen molar-refractivity contribution >= 4 is 17.7 Å². The number of rotatable bonds is 6. The van der Waals surface area contributed by atoms with Crippen LogP contribution < -0.4 is 11.1 Å². The Bertz CT molecular complexity index is 559. The van der Waals surface area contributed by atoms with E-state index in [9.17, 15) is 9.90 Å². The van der Waals surface area contributed by atoms with Crippen LogP contribution >= 0.6 is 0 Å². The number of hydrogen-bond donors (Lipinski definition) is 3. The summed E-state index contributed by atoms with van der Waals surface area (Å²) in [5.41, 5.74) is 6.79. The predicted molar refractivity (Wildman–Crippen MR) is 86.8 cm³/mol. The average molecular weight is 306 g/mol. The number of carboxylic acid groups (broad SMARTS) is 1. The molecule has 0 bridgehead atoms. The van der Waals surface area contributed by atoms with Crippen LogP contribution in [0, 0.1) is 5.92 Å². The van der Waals surface area contributed by atoms with Gasteiger partial charge in [-0.25, -0.2) is 9.78 Å². The maximum atomic E-state index is 11.9. The number of aromatic nitrogens is 2. The molecule has 0 aromatic carbocycles. The Morgan fingerprint density at radius 2 is 2.05 bits per heavy atom. The summed E-state index contributed by atoms with van der Waals surface area (Å²) in [6, 6.07) is 0. The van der Waals surface area contributed by atoms with E-state index in [0.717, 1.165) is 36.9 Å². The van der Waals surface area contributed by atoms with E-state index in [4.69, 9.17) is 5.73 Å². The molecule has 0 fully saturated rings. The molecule has 1 aliphatic carbocycles. The number of nitrogen functional groups attached to an aromatic ring is 1. The zero-order valence-corrected chi connectivity index (χ0v) is 13.6. The van der Waals surface area contributed by atoms with E-state index in [-0.39, 0.29) is 11.9 Å². The van der Waals surface area contributed by atoms with Crippen LogP contribution in [0.4, 0.5) is 11.8 Å². The highest BCUT2D eigenvalue weighted by molar-refractivity contribution is 5.82. The topological polar surface area (TPSA) is 101 Å². The molecule has 6 nitrogen and oxygen atoms in total. The van der Waals surface area contributed by atoms with Crippen molar-refractivity contribution in [2.45, 2.75) is 64.8 Å². The third kappa shape index (κ3) is 3.31. The summed E-state index contributed by atoms with van der Waals surface area (Å²) in [4.78, 5) is 20.5. The summed E-state index contributed by atoms with van der Waals surface area (Å²) in [6.45, 7) is 5.94. The van der Waals surface area contributed by atoms with Crippen LogP contribution in [0.1, 0.15) is 57.7 Å². The van der Waals surface area contributed by atoms with Gasteiger partial charge in [0.25, 0.3) is 0 Å². The molecular formula is C16H26N4O2. The molecular weight excluding hydrogens is 280 g/mol. The lowest BCUT2D eigenvalue weighted by atomic mass is 9.85. The van der Waals surface area contributed by atoms with E-state index in [1.807, 2.05) is 20.8 Å². The molecule has 1 heterocycles. The minimum absolute atomic E-state index is 0.211. The zero-order chi connectivity index (χ0) is 16.3. The Kier molecular flexibility index (Phi) is 4.88. The van der Waals surface area contributed by atoms with E-state index < -0.39 is 11.5 Å². The largest absolute Gasteiger partial charge is 0.480 e. The van der Waals surface area contributed by atoms with Gasteiger partial charge in [-0.15, -0.1) is 0 Å². The third-order valence-corrected chi connectivity index (χ3v) is 4.33. The van der Waals surface area contributed by atoms with E-state index in [0.29, 0.717) is 18.7 Å². The van der Waals surface area contributed by atoms with Crippen LogP contribution in [-0.4, -0.2) is 26.6 Å². The molecule has 122 valence electrons.